The van der Waals surface area contributed by atoms with Gasteiger partial charge in [-0.2, -0.15) is 0 Å². The average Bonchev–Trinajstić information content (AvgIpc) is 2.43. The first kappa shape index (κ1) is 13.1. The second-order valence-electron chi connectivity index (χ2n) is 4.45. The number of hydrogen-bond donors (Lipinski definition) is 2. The molecule has 100 valence electrons. The summed E-state index contributed by atoms with van der Waals surface area (Å²) < 4.78 is 30.0. The van der Waals surface area contributed by atoms with Crippen LogP contribution in [0, 0.1) is 0 Å². The van der Waals surface area contributed by atoms with Crippen molar-refractivity contribution >= 4 is 30.1 Å². The molecule has 0 heterocycles. The van der Waals surface area contributed by atoms with Crippen LogP contribution in [0.3, 0.4) is 0 Å². The molecule has 1 aliphatic rings. The third kappa shape index (κ3) is 1.79. The number of ketones is 2. The summed E-state index contributed by atoms with van der Waals surface area (Å²) in [6.07, 6.45) is 0. The summed E-state index contributed by atoms with van der Waals surface area (Å²) in [5.74, 6) is -0.906. The van der Waals surface area contributed by atoms with Crippen molar-refractivity contribution in [2.24, 2.45) is 0 Å². The monoisotopic (exact) mass is 332 g/mol. The maximum absolute atomic E-state index is 12.4. The van der Waals surface area contributed by atoms with E-state index < -0.39 is 20.0 Å². The molecule has 3 rings (SSSR count). The van der Waals surface area contributed by atoms with E-state index in [1.807, 2.05) is 0 Å². The van der Waals surface area contributed by atoms with Gasteiger partial charge in [0, 0.05) is 0 Å². The van der Waals surface area contributed by atoms with Gasteiger partial charge in [-0.3, -0.25) is 0 Å². The van der Waals surface area contributed by atoms with E-state index in [9.17, 15) is 21.5 Å². The standard InChI is InChI=1S/C14H9AsO5/c16-13-8-4-1-2-5-9(8)14(17)12-10(13)6-3-7-11(12)15(18,19)20/h1-7H,(H2,18,19,20). The van der Waals surface area contributed by atoms with Crippen LogP contribution in [0.25, 0.3) is 0 Å². The summed E-state index contributed by atoms with van der Waals surface area (Å²) in [6.45, 7) is 0. The summed E-state index contributed by atoms with van der Waals surface area (Å²) in [4.78, 5) is 24.8. The van der Waals surface area contributed by atoms with E-state index in [2.05, 4.69) is 0 Å². The summed E-state index contributed by atoms with van der Waals surface area (Å²) >= 11 is -5.29. The van der Waals surface area contributed by atoms with Gasteiger partial charge in [-0.1, -0.05) is 0 Å². The van der Waals surface area contributed by atoms with Crippen LogP contribution in [-0.2, 0) is 3.74 Å². The number of benzene rings is 2. The van der Waals surface area contributed by atoms with E-state index >= 15 is 0 Å². The first-order valence-corrected chi connectivity index (χ1v) is 9.17. The van der Waals surface area contributed by atoms with E-state index in [4.69, 9.17) is 0 Å². The quantitative estimate of drug-likeness (QED) is 0.613. The Morgan fingerprint density at radius 2 is 1.30 bits per heavy atom. The van der Waals surface area contributed by atoms with Crippen molar-refractivity contribution in [2.75, 3.05) is 0 Å². The maximum atomic E-state index is 12.4. The van der Waals surface area contributed by atoms with E-state index in [1.165, 1.54) is 30.3 Å². The van der Waals surface area contributed by atoms with Crippen LogP contribution in [0.4, 0.5) is 0 Å². The normalized spacial score (nSPS) is 13.9. The fraction of sp³-hybridized carbons (Fsp3) is 0. The van der Waals surface area contributed by atoms with Gasteiger partial charge in [0.25, 0.3) is 0 Å². The molecule has 2 aromatic carbocycles. The molecule has 2 N–H and O–H groups in total. The Hall–Kier alpha value is -1.94. The summed E-state index contributed by atoms with van der Waals surface area (Å²) in [6, 6.07) is 10.3. The molecular formula is C14H9AsO5. The second kappa shape index (κ2) is 4.28. The second-order valence-corrected chi connectivity index (χ2v) is 7.74. The molecule has 0 aliphatic heterocycles. The van der Waals surface area contributed by atoms with Crippen LogP contribution < -0.4 is 4.35 Å². The van der Waals surface area contributed by atoms with Gasteiger partial charge < -0.3 is 0 Å². The Morgan fingerprint density at radius 1 is 0.750 bits per heavy atom. The molecule has 0 aromatic heterocycles. The van der Waals surface area contributed by atoms with Crippen molar-refractivity contribution in [2.45, 2.75) is 0 Å². The zero-order chi connectivity index (χ0) is 14.5. The van der Waals surface area contributed by atoms with E-state index in [0.29, 0.717) is 0 Å². The van der Waals surface area contributed by atoms with Crippen LogP contribution in [-0.4, -0.2) is 33.9 Å². The third-order valence-electron chi connectivity index (χ3n) is 3.24. The van der Waals surface area contributed by atoms with Crippen molar-refractivity contribution < 1.29 is 21.5 Å². The molecule has 0 saturated heterocycles. The first-order valence-electron chi connectivity index (χ1n) is 5.79. The molecule has 0 radical (unpaired) electrons. The molecule has 20 heavy (non-hydrogen) atoms. The Balaban J connectivity index is 2.37. The summed E-state index contributed by atoms with van der Waals surface area (Å²) in [7, 11) is 0. The van der Waals surface area contributed by atoms with Gasteiger partial charge in [0.05, 0.1) is 0 Å². The number of rotatable bonds is 1. The van der Waals surface area contributed by atoms with Gasteiger partial charge in [-0.15, -0.1) is 0 Å². The molecule has 5 nitrogen and oxygen atoms in total. The predicted molar refractivity (Wildman–Crippen MR) is 70.3 cm³/mol. The molecule has 0 fully saturated rings. The Kier molecular flexibility index (Phi) is 2.80. The van der Waals surface area contributed by atoms with Gasteiger partial charge in [-0.25, -0.2) is 0 Å². The van der Waals surface area contributed by atoms with E-state index in [-0.39, 0.29) is 32.4 Å². The van der Waals surface area contributed by atoms with Crippen molar-refractivity contribution in [3.8, 4) is 0 Å². The van der Waals surface area contributed by atoms with Gasteiger partial charge in [0.15, 0.2) is 0 Å². The van der Waals surface area contributed by atoms with Crippen LogP contribution >= 0.6 is 0 Å². The topological polar surface area (TPSA) is 91.7 Å². The van der Waals surface area contributed by atoms with Crippen molar-refractivity contribution in [1.29, 1.82) is 0 Å². The molecule has 0 spiro atoms. The molecule has 2 aromatic rings. The minimum absolute atomic E-state index is 0.0518. The van der Waals surface area contributed by atoms with Crippen LogP contribution in [0.1, 0.15) is 31.8 Å². The molecule has 0 bridgehead atoms. The Labute approximate surface area is 116 Å². The summed E-state index contributed by atoms with van der Waals surface area (Å²) in [5, 5.41) is 0. The van der Waals surface area contributed by atoms with Crippen LogP contribution in [0.5, 0.6) is 0 Å². The van der Waals surface area contributed by atoms with Gasteiger partial charge >= 0.3 is 116 Å². The zero-order valence-corrected chi connectivity index (χ0v) is 12.0. The van der Waals surface area contributed by atoms with Crippen molar-refractivity contribution in [3.05, 3.63) is 64.7 Å². The molecule has 0 atom stereocenters. The molecular weight excluding hydrogens is 323 g/mol. The van der Waals surface area contributed by atoms with Gasteiger partial charge in [0.1, 0.15) is 0 Å². The number of carbonyl (C=O) groups excluding carboxylic acids is 2. The molecule has 1 aliphatic carbocycles. The fourth-order valence-electron chi connectivity index (χ4n) is 2.37. The van der Waals surface area contributed by atoms with Gasteiger partial charge in [-0.05, 0) is 0 Å². The number of carbonyl (C=O) groups is 2. The van der Waals surface area contributed by atoms with Crippen LogP contribution in [0.15, 0.2) is 42.5 Å². The Morgan fingerprint density at radius 3 is 1.90 bits per heavy atom. The minimum atomic E-state index is -5.29. The first-order chi connectivity index (χ1) is 9.41. The van der Waals surface area contributed by atoms with Gasteiger partial charge in [0.2, 0.25) is 0 Å². The number of fused-ring (bicyclic) bond motifs is 2. The van der Waals surface area contributed by atoms with Crippen LogP contribution in [0.2, 0.25) is 0 Å². The van der Waals surface area contributed by atoms with E-state index in [0.717, 1.165) is 0 Å². The fourth-order valence-corrected chi connectivity index (χ4v) is 4.03. The number of hydrogen-bond acceptors (Lipinski definition) is 3. The predicted octanol–water partition coefficient (Wildman–Crippen LogP) is 0.0230. The molecule has 0 unspecified atom stereocenters. The molecule has 6 heteroatoms. The Bertz CT molecular complexity index is 803. The molecule has 0 amide bonds. The zero-order valence-electron chi connectivity index (χ0n) is 10.1. The summed E-state index contributed by atoms with van der Waals surface area (Å²) in [5.41, 5.74) is 0.334. The van der Waals surface area contributed by atoms with Crippen molar-refractivity contribution in [1.82, 2.24) is 0 Å². The molecule has 0 saturated carbocycles. The SMILES string of the molecule is O=C1c2ccccc2C(=O)c2c1cccc2[As](=O)(O)O. The van der Waals surface area contributed by atoms with E-state index in [1.54, 1.807) is 12.1 Å². The average molecular weight is 332 g/mol. The third-order valence-corrected chi connectivity index (χ3v) is 5.34. The van der Waals surface area contributed by atoms with Crippen molar-refractivity contribution in [3.63, 3.8) is 0 Å².